The lowest BCUT2D eigenvalue weighted by Crippen LogP contribution is -2.08. The molecule has 0 saturated heterocycles. The van der Waals surface area contributed by atoms with Crippen LogP contribution in [0.4, 0.5) is 5.69 Å². The third kappa shape index (κ3) is 4.26. The van der Waals surface area contributed by atoms with Crippen molar-refractivity contribution in [2.24, 2.45) is 0 Å². The summed E-state index contributed by atoms with van der Waals surface area (Å²) in [6.45, 7) is 1.52. The molecule has 0 spiro atoms. The molecule has 0 atom stereocenters. The van der Waals surface area contributed by atoms with E-state index < -0.39 is 5.97 Å². The van der Waals surface area contributed by atoms with Crippen molar-refractivity contribution in [1.82, 2.24) is 0 Å². The number of hydrogen-bond donors (Lipinski definition) is 1. The molecule has 4 heteroatoms. The largest absolute Gasteiger partial charge is 0.460 e. The number of rotatable bonds is 4. The average Bonchev–Trinajstić information content (AvgIpc) is 2.16. The highest BCUT2D eigenvalue weighted by molar-refractivity contribution is 5.94. The van der Waals surface area contributed by atoms with E-state index in [1.165, 1.54) is 6.92 Å². The number of Topliss-reactive ketones (excluding diaryl/α,β-unsaturated/α-hetero) is 1. The molecule has 0 aromatic heterocycles. The Balaban J connectivity index is 2.40. The second-order valence-electron chi connectivity index (χ2n) is 3.28. The highest BCUT2D eigenvalue weighted by atomic mass is 16.5. The second kappa shape index (κ2) is 5.14. The van der Waals surface area contributed by atoms with Gasteiger partial charge in [-0.05, 0) is 24.6 Å². The Morgan fingerprint density at radius 2 is 1.87 bits per heavy atom. The zero-order valence-corrected chi connectivity index (χ0v) is 8.53. The van der Waals surface area contributed by atoms with Crippen LogP contribution in [0.3, 0.4) is 0 Å². The van der Waals surface area contributed by atoms with E-state index in [0.29, 0.717) is 5.69 Å². The predicted molar refractivity (Wildman–Crippen MR) is 55.9 cm³/mol. The summed E-state index contributed by atoms with van der Waals surface area (Å²) < 4.78 is 4.88. The van der Waals surface area contributed by atoms with Gasteiger partial charge < -0.3 is 10.5 Å². The van der Waals surface area contributed by atoms with Crippen molar-refractivity contribution in [2.45, 2.75) is 20.0 Å². The number of anilines is 1. The fourth-order valence-corrected chi connectivity index (χ4v) is 1.03. The first-order valence-electron chi connectivity index (χ1n) is 4.57. The zero-order valence-electron chi connectivity index (χ0n) is 8.53. The normalized spacial score (nSPS) is 9.67. The summed E-state index contributed by atoms with van der Waals surface area (Å²) in [6, 6.07) is 7.01. The minimum Gasteiger partial charge on any atom is -0.460 e. The van der Waals surface area contributed by atoms with Gasteiger partial charge in [-0.3, -0.25) is 9.59 Å². The highest BCUT2D eigenvalue weighted by Gasteiger charge is 2.06. The maximum absolute atomic E-state index is 11.0. The van der Waals surface area contributed by atoms with E-state index in [1.54, 1.807) is 24.3 Å². The number of carbonyl (C=O) groups excluding carboxylic acids is 2. The Bertz CT molecular complexity index is 357. The van der Waals surface area contributed by atoms with E-state index in [0.717, 1.165) is 5.56 Å². The monoisotopic (exact) mass is 207 g/mol. The fraction of sp³-hybridized carbons (Fsp3) is 0.273. The van der Waals surface area contributed by atoms with Crippen LogP contribution in [-0.2, 0) is 20.9 Å². The molecule has 2 N–H and O–H groups in total. The Morgan fingerprint density at radius 3 is 2.40 bits per heavy atom. The summed E-state index contributed by atoms with van der Waals surface area (Å²) >= 11 is 0. The summed E-state index contributed by atoms with van der Waals surface area (Å²) in [5, 5.41) is 0. The van der Waals surface area contributed by atoms with Gasteiger partial charge in [0.05, 0.1) is 0 Å². The number of esters is 1. The number of nitrogen functional groups attached to an aromatic ring is 1. The SMILES string of the molecule is CC(=O)CC(=O)OCc1ccc(N)cc1. The van der Waals surface area contributed by atoms with Gasteiger partial charge in [-0.25, -0.2) is 0 Å². The van der Waals surface area contributed by atoms with Gasteiger partial charge in [-0.2, -0.15) is 0 Å². The van der Waals surface area contributed by atoms with E-state index in [1.807, 2.05) is 0 Å². The molecule has 0 bridgehead atoms. The number of ether oxygens (including phenoxy) is 1. The highest BCUT2D eigenvalue weighted by Crippen LogP contribution is 2.06. The lowest BCUT2D eigenvalue weighted by atomic mass is 10.2. The molecule has 0 aliphatic rings. The molecule has 0 saturated carbocycles. The van der Waals surface area contributed by atoms with Crippen LogP contribution in [0.1, 0.15) is 18.9 Å². The molecule has 80 valence electrons. The van der Waals surface area contributed by atoms with E-state index in [2.05, 4.69) is 0 Å². The van der Waals surface area contributed by atoms with Crippen molar-refractivity contribution in [3.8, 4) is 0 Å². The molecule has 4 nitrogen and oxygen atoms in total. The molecule has 15 heavy (non-hydrogen) atoms. The number of nitrogens with two attached hydrogens (primary N) is 1. The Morgan fingerprint density at radius 1 is 1.27 bits per heavy atom. The Kier molecular flexibility index (Phi) is 3.85. The van der Waals surface area contributed by atoms with Gasteiger partial charge in [0, 0.05) is 5.69 Å². The van der Waals surface area contributed by atoms with Crippen LogP contribution in [0.2, 0.25) is 0 Å². The summed E-state index contributed by atoms with van der Waals surface area (Å²) in [5.41, 5.74) is 7.01. The van der Waals surface area contributed by atoms with Crippen molar-refractivity contribution in [1.29, 1.82) is 0 Å². The van der Waals surface area contributed by atoms with Gasteiger partial charge in [0.25, 0.3) is 0 Å². The topological polar surface area (TPSA) is 69.4 Å². The van der Waals surface area contributed by atoms with Crippen molar-refractivity contribution < 1.29 is 14.3 Å². The van der Waals surface area contributed by atoms with Crippen LogP contribution >= 0.6 is 0 Å². The third-order valence-corrected chi connectivity index (χ3v) is 1.77. The van der Waals surface area contributed by atoms with Crippen LogP contribution < -0.4 is 5.73 Å². The summed E-state index contributed by atoms with van der Waals surface area (Å²) in [7, 11) is 0. The summed E-state index contributed by atoms with van der Waals surface area (Å²) in [5.74, 6) is -0.698. The Labute approximate surface area is 88.0 Å². The van der Waals surface area contributed by atoms with Gasteiger partial charge in [0.1, 0.15) is 18.8 Å². The van der Waals surface area contributed by atoms with Gasteiger partial charge >= 0.3 is 5.97 Å². The van der Waals surface area contributed by atoms with Crippen LogP contribution in [0, 0.1) is 0 Å². The smallest absolute Gasteiger partial charge is 0.313 e. The lowest BCUT2D eigenvalue weighted by Gasteiger charge is -2.03. The second-order valence-corrected chi connectivity index (χ2v) is 3.28. The minimum atomic E-state index is -0.501. The number of carbonyl (C=O) groups is 2. The molecule has 0 amide bonds. The van der Waals surface area contributed by atoms with E-state index in [9.17, 15) is 9.59 Å². The maximum Gasteiger partial charge on any atom is 0.313 e. The molecule has 1 aromatic rings. The lowest BCUT2D eigenvalue weighted by molar-refractivity contribution is -0.146. The fourth-order valence-electron chi connectivity index (χ4n) is 1.03. The number of hydrogen-bond acceptors (Lipinski definition) is 4. The molecule has 0 fully saturated rings. The van der Waals surface area contributed by atoms with Gasteiger partial charge in [0.15, 0.2) is 0 Å². The molecule has 0 unspecified atom stereocenters. The van der Waals surface area contributed by atoms with E-state index >= 15 is 0 Å². The van der Waals surface area contributed by atoms with Gasteiger partial charge in [-0.1, -0.05) is 12.1 Å². The van der Waals surface area contributed by atoms with E-state index in [4.69, 9.17) is 10.5 Å². The number of benzene rings is 1. The summed E-state index contributed by atoms with van der Waals surface area (Å²) in [6.07, 6.45) is -0.172. The quantitative estimate of drug-likeness (QED) is 0.459. The van der Waals surface area contributed by atoms with Crippen molar-refractivity contribution in [3.05, 3.63) is 29.8 Å². The molecular weight excluding hydrogens is 194 g/mol. The molecular formula is C11H13NO3. The van der Waals surface area contributed by atoms with Gasteiger partial charge in [-0.15, -0.1) is 0 Å². The van der Waals surface area contributed by atoms with Crippen LogP contribution in [0.5, 0.6) is 0 Å². The van der Waals surface area contributed by atoms with Crippen molar-refractivity contribution in [2.75, 3.05) is 5.73 Å². The van der Waals surface area contributed by atoms with Crippen LogP contribution in [-0.4, -0.2) is 11.8 Å². The molecule has 0 aliphatic heterocycles. The standard InChI is InChI=1S/C11H13NO3/c1-8(13)6-11(14)15-7-9-2-4-10(12)5-3-9/h2-5H,6-7,12H2,1H3. The average molecular weight is 207 g/mol. The predicted octanol–water partition coefficient (Wildman–Crippen LogP) is 1.29. The third-order valence-electron chi connectivity index (χ3n) is 1.77. The molecule has 0 radical (unpaired) electrons. The molecule has 1 aromatic carbocycles. The summed E-state index contributed by atoms with van der Waals surface area (Å²) in [4.78, 5) is 21.6. The van der Waals surface area contributed by atoms with Crippen molar-refractivity contribution >= 4 is 17.4 Å². The minimum absolute atomic E-state index is 0.172. The zero-order chi connectivity index (χ0) is 11.3. The number of ketones is 1. The maximum atomic E-state index is 11.0. The first-order valence-corrected chi connectivity index (χ1v) is 4.57. The first kappa shape index (κ1) is 11.2. The molecule has 0 heterocycles. The van der Waals surface area contributed by atoms with E-state index in [-0.39, 0.29) is 18.8 Å². The van der Waals surface area contributed by atoms with Crippen LogP contribution in [0.15, 0.2) is 24.3 Å². The van der Waals surface area contributed by atoms with Crippen molar-refractivity contribution in [3.63, 3.8) is 0 Å². The molecule has 1 rings (SSSR count). The molecule has 0 aliphatic carbocycles. The van der Waals surface area contributed by atoms with Crippen LogP contribution in [0.25, 0.3) is 0 Å². The van der Waals surface area contributed by atoms with Gasteiger partial charge in [0.2, 0.25) is 0 Å². The first-order chi connectivity index (χ1) is 7.08. The Hall–Kier alpha value is -1.84.